The number of hydrogen-bond donors (Lipinski definition) is 9. The van der Waals surface area contributed by atoms with Gasteiger partial charge < -0.3 is 59.2 Å². The van der Waals surface area contributed by atoms with E-state index in [1.54, 1.807) is 24.4 Å². The number of aromatic hydroxyl groups is 1. The summed E-state index contributed by atoms with van der Waals surface area (Å²) in [5, 5.41) is 80.7. The molecule has 3 aromatic carbocycles. The Kier molecular flexibility index (Phi) is 14.1. The first-order valence-electron chi connectivity index (χ1n) is 20.8. The van der Waals surface area contributed by atoms with Gasteiger partial charge in [0.15, 0.2) is 22.3 Å². The Labute approximate surface area is 371 Å². The number of allylic oxidation sites excluding steroid dienone is 1. The van der Waals surface area contributed by atoms with Crippen molar-refractivity contribution >= 4 is 41.1 Å². The summed E-state index contributed by atoms with van der Waals surface area (Å²) in [6, 6.07) is 13.9. The van der Waals surface area contributed by atoms with Gasteiger partial charge in [-0.25, -0.2) is 14.6 Å². The van der Waals surface area contributed by atoms with E-state index in [0.717, 1.165) is 16.7 Å². The average molecular weight is 901 g/mol. The number of benzene rings is 3. The fourth-order valence-corrected chi connectivity index (χ4v) is 8.43. The number of aliphatic imine (C=N–C) groups is 1. The minimum absolute atomic E-state index is 0.00373. The van der Waals surface area contributed by atoms with Crippen LogP contribution < -0.4 is 20.5 Å². The molecule has 1 aromatic heterocycles. The number of aryl methyl sites for hydroxylation is 2. The van der Waals surface area contributed by atoms with Crippen LogP contribution in [0.1, 0.15) is 36.0 Å². The second-order valence-corrected chi connectivity index (χ2v) is 16.1. The van der Waals surface area contributed by atoms with Crippen LogP contribution >= 0.6 is 0 Å². The number of carbonyl (C=O) groups is 3. The van der Waals surface area contributed by atoms with E-state index >= 15 is 0 Å². The minimum Gasteiger partial charge on any atom is -0.508 e. The number of ether oxygens (including phenoxy) is 3. The number of nitrogens with one attached hydrogen (secondary N) is 2. The number of aliphatic hydroxyl groups is 5. The standard InChI is InChI=1S/C46H49N3O16/c1-25-17-26(2)19-29(18-25)39-37-28(12-14-48-37)21-49(39)65-41-44(63-31-10-11-32-34(20-31)61-22-33(40(32)55)27-6-8-30(53)9-7-27)64-36(23-62-43(58)38(42(56)57)47-13-4-16-51)45(59,24-52)46(41,60)35(54)5-3-15-50/h6-12,14,16-20,22,35-36,38,41,44,47,50,52-54,59-60H,3-5,13,15,21,23-24H2,1-2H3,(H,56,57)/p+1. The lowest BCUT2D eigenvalue weighted by atomic mass is 9.68. The molecule has 0 saturated carbocycles. The summed E-state index contributed by atoms with van der Waals surface area (Å²) in [6.45, 7) is 0.899. The summed E-state index contributed by atoms with van der Waals surface area (Å²) in [5.41, 5.74) is -1.30. The van der Waals surface area contributed by atoms with E-state index in [9.17, 15) is 54.9 Å². The SMILES string of the molecule is Cc1cc(C)cc(C2=C3N=CC=C3C[NH+]2OC2C(Oc3ccc4c(=O)c(-c5ccc(O)cc5)coc4c3)OC(COC(=O)C(NCCC=O)C(=O)O)C(O)(CO)C2(O)C(O)CCCO)c1. The number of aliphatic carboxylic acids is 1. The highest BCUT2D eigenvalue weighted by Crippen LogP contribution is 2.44. The van der Waals surface area contributed by atoms with Crippen LogP contribution in [-0.2, 0) is 28.7 Å². The zero-order chi connectivity index (χ0) is 46.6. The number of rotatable bonds is 19. The molecule has 3 aliphatic heterocycles. The number of phenols is 1. The van der Waals surface area contributed by atoms with Gasteiger partial charge in [-0.2, -0.15) is 9.90 Å². The monoisotopic (exact) mass is 900 g/mol. The minimum atomic E-state index is -3.01. The molecule has 0 amide bonds. The molecule has 0 aliphatic carbocycles. The molecular formula is C46H50N3O16+. The first kappa shape index (κ1) is 46.9. The Hall–Kier alpha value is -6.13. The molecule has 0 radical (unpaired) electrons. The molecule has 19 heteroatoms. The molecule has 19 nitrogen and oxygen atoms in total. The number of esters is 1. The van der Waals surface area contributed by atoms with Gasteiger partial charge in [-0.1, -0.05) is 29.3 Å². The Morgan fingerprint density at radius 3 is 2.46 bits per heavy atom. The molecule has 1 fully saturated rings. The summed E-state index contributed by atoms with van der Waals surface area (Å²) in [6.07, 6.45) is -3.31. The van der Waals surface area contributed by atoms with Crippen molar-refractivity contribution < 1.29 is 78.7 Å². The molecule has 0 spiro atoms. The maximum absolute atomic E-state index is 13.7. The Bertz CT molecular complexity index is 2570. The topological polar surface area (TPSA) is 289 Å². The van der Waals surface area contributed by atoms with Crippen LogP contribution in [0.15, 0.2) is 98.5 Å². The van der Waals surface area contributed by atoms with Crippen molar-refractivity contribution in [1.82, 2.24) is 5.32 Å². The summed E-state index contributed by atoms with van der Waals surface area (Å²) >= 11 is 0. The number of quaternary nitrogens is 1. The van der Waals surface area contributed by atoms with Gasteiger partial charge in [-0.15, -0.1) is 0 Å². The maximum atomic E-state index is 13.7. The number of carbonyl (C=O) groups excluding carboxylic acids is 2. The number of fused-ring (bicyclic) bond motifs is 2. The lowest BCUT2D eigenvalue weighted by Crippen LogP contribution is -3.09. The Morgan fingerprint density at radius 2 is 1.78 bits per heavy atom. The first-order valence-corrected chi connectivity index (χ1v) is 20.8. The summed E-state index contributed by atoms with van der Waals surface area (Å²) in [7, 11) is 0. The van der Waals surface area contributed by atoms with E-state index in [-0.39, 0.29) is 65.4 Å². The van der Waals surface area contributed by atoms with Gasteiger partial charge in [0.25, 0.3) is 0 Å². The van der Waals surface area contributed by atoms with Crippen LogP contribution in [0, 0.1) is 13.8 Å². The predicted molar refractivity (Wildman–Crippen MR) is 229 cm³/mol. The largest absolute Gasteiger partial charge is 0.508 e. The molecule has 4 heterocycles. The fourth-order valence-electron chi connectivity index (χ4n) is 8.43. The van der Waals surface area contributed by atoms with Crippen molar-refractivity contribution in [2.75, 3.05) is 32.9 Å². The second-order valence-electron chi connectivity index (χ2n) is 16.1. The van der Waals surface area contributed by atoms with Crippen molar-refractivity contribution in [2.45, 2.75) is 75.0 Å². The quantitative estimate of drug-likeness (QED) is 0.0263. The van der Waals surface area contributed by atoms with Gasteiger partial charge in [-0.05, 0) is 74.7 Å². The molecule has 344 valence electrons. The molecule has 9 N–H and O–H groups in total. The van der Waals surface area contributed by atoms with E-state index < -0.39 is 79.0 Å². The summed E-state index contributed by atoms with van der Waals surface area (Å²) in [4.78, 5) is 61.1. The van der Waals surface area contributed by atoms with Gasteiger partial charge >= 0.3 is 11.9 Å². The van der Waals surface area contributed by atoms with E-state index in [2.05, 4.69) is 10.3 Å². The van der Waals surface area contributed by atoms with Crippen LogP contribution in [0.5, 0.6) is 11.5 Å². The van der Waals surface area contributed by atoms with Gasteiger partial charge in [-0.3, -0.25) is 10.1 Å². The van der Waals surface area contributed by atoms with E-state index in [1.807, 2.05) is 32.0 Å². The summed E-state index contributed by atoms with van der Waals surface area (Å²) in [5.74, 6) is -3.08. The molecule has 1 saturated heterocycles. The van der Waals surface area contributed by atoms with Crippen molar-refractivity contribution in [3.63, 3.8) is 0 Å². The van der Waals surface area contributed by atoms with Crippen molar-refractivity contribution in [1.29, 1.82) is 0 Å². The maximum Gasteiger partial charge on any atom is 0.334 e. The highest BCUT2D eigenvalue weighted by atomic mass is 16.8. The number of carboxylic acid groups (broad SMARTS) is 1. The number of hydrogen-bond acceptors (Lipinski definition) is 17. The van der Waals surface area contributed by atoms with Gasteiger partial charge in [0.1, 0.15) is 54.6 Å². The molecule has 4 aromatic rings. The van der Waals surface area contributed by atoms with Crippen LogP contribution in [0.2, 0.25) is 0 Å². The lowest BCUT2D eigenvalue weighted by Gasteiger charge is -2.56. The lowest BCUT2D eigenvalue weighted by molar-refractivity contribution is -1.04. The summed E-state index contributed by atoms with van der Waals surface area (Å²) < 4.78 is 23.9. The fraction of sp³-hybridized carbons (Fsp3) is 0.370. The third-order valence-electron chi connectivity index (χ3n) is 11.7. The van der Waals surface area contributed by atoms with Crippen molar-refractivity contribution in [3.8, 4) is 22.6 Å². The van der Waals surface area contributed by atoms with Crippen molar-refractivity contribution in [3.05, 3.63) is 111 Å². The zero-order valence-corrected chi connectivity index (χ0v) is 35.4. The van der Waals surface area contributed by atoms with Crippen LogP contribution in [-0.4, -0.2) is 135 Å². The van der Waals surface area contributed by atoms with E-state index in [4.69, 9.17) is 23.5 Å². The molecule has 0 bridgehead atoms. The van der Waals surface area contributed by atoms with Crippen LogP contribution in [0.25, 0.3) is 27.8 Å². The van der Waals surface area contributed by atoms with Gasteiger partial charge in [0, 0.05) is 43.0 Å². The van der Waals surface area contributed by atoms with Gasteiger partial charge in [0.05, 0.1) is 23.7 Å². The van der Waals surface area contributed by atoms with Crippen molar-refractivity contribution in [2.24, 2.45) is 4.99 Å². The molecular weight excluding hydrogens is 851 g/mol. The molecule has 7 rings (SSSR count). The highest BCUT2D eigenvalue weighted by molar-refractivity contribution is 5.98. The van der Waals surface area contributed by atoms with Gasteiger partial charge in [0.2, 0.25) is 18.4 Å². The van der Waals surface area contributed by atoms with E-state index in [1.165, 1.54) is 36.6 Å². The van der Waals surface area contributed by atoms with Crippen LogP contribution in [0.3, 0.4) is 0 Å². The highest BCUT2D eigenvalue weighted by Gasteiger charge is 2.71. The van der Waals surface area contributed by atoms with Crippen LogP contribution in [0.4, 0.5) is 0 Å². The molecule has 65 heavy (non-hydrogen) atoms. The normalized spacial score (nSPS) is 24.7. The third kappa shape index (κ3) is 9.23. The molecule has 8 unspecified atom stereocenters. The number of aliphatic hydroxyl groups excluding tert-OH is 3. The first-order chi connectivity index (χ1) is 31.1. The number of carboxylic acids is 1. The molecule has 3 aliphatic rings. The number of hydroxylamine groups is 2. The third-order valence-corrected chi connectivity index (χ3v) is 11.7. The number of nitrogens with zero attached hydrogens (tertiary/aromatic N) is 1. The molecule has 8 atom stereocenters. The Morgan fingerprint density at radius 1 is 1.05 bits per heavy atom. The van der Waals surface area contributed by atoms with E-state index in [0.29, 0.717) is 28.8 Å². The average Bonchev–Trinajstić information content (AvgIpc) is 3.87. The smallest absolute Gasteiger partial charge is 0.334 e. The second kappa shape index (κ2) is 19.5. The number of phenolic OH excluding ortho intramolecular Hbond substituents is 1. The predicted octanol–water partition coefficient (Wildman–Crippen LogP) is 0.227. The number of aldehydes is 1. The zero-order valence-electron chi connectivity index (χ0n) is 35.4. The Balaban J connectivity index is 1.32.